The summed E-state index contributed by atoms with van der Waals surface area (Å²) in [5, 5.41) is 6.52. The number of allylic oxidation sites excluding steroid dienone is 2. The molecule has 1 atom stereocenters. The van der Waals surface area contributed by atoms with Crippen LogP contribution < -0.4 is 0 Å². The summed E-state index contributed by atoms with van der Waals surface area (Å²) in [4.78, 5) is 5.81. The van der Waals surface area contributed by atoms with Crippen LogP contribution in [0.25, 0.3) is 5.70 Å². The van der Waals surface area contributed by atoms with Crippen LogP contribution in [0.3, 0.4) is 0 Å². The average molecular weight is 392 g/mol. The topological polar surface area (TPSA) is 31.7 Å². The van der Waals surface area contributed by atoms with E-state index in [1.807, 2.05) is 31.2 Å². The number of hydrogen-bond acceptors (Lipinski definition) is 4. The predicted octanol–water partition coefficient (Wildman–Crippen LogP) is 5.26. The summed E-state index contributed by atoms with van der Waals surface area (Å²) >= 11 is 0. The van der Waals surface area contributed by atoms with Crippen molar-refractivity contribution < 1.29 is 8.78 Å². The summed E-state index contributed by atoms with van der Waals surface area (Å²) in [5.41, 5.74) is 3.01. The van der Waals surface area contributed by atoms with Crippen molar-refractivity contribution in [3.8, 4) is 0 Å². The van der Waals surface area contributed by atoms with Gasteiger partial charge in [-0.05, 0) is 55.7 Å². The highest BCUT2D eigenvalue weighted by Crippen LogP contribution is 2.35. The fourth-order valence-electron chi connectivity index (χ4n) is 3.88. The van der Waals surface area contributed by atoms with Crippen LogP contribution >= 0.6 is 0 Å². The number of hydrogen-bond donors (Lipinski definition) is 0. The number of halogens is 2. The van der Waals surface area contributed by atoms with Gasteiger partial charge in [-0.3, -0.25) is 0 Å². The maximum atomic E-state index is 13.7. The maximum absolute atomic E-state index is 13.7. The second-order valence-electron chi connectivity index (χ2n) is 7.04. The Bertz CT molecular complexity index is 1030. The van der Waals surface area contributed by atoms with Gasteiger partial charge >= 0.3 is 0 Å². The summed E-state index contributed by atoms with van der Waals surface area (Å²) in [7, 11) is 0. The first-order chi connectivity index (χ1) is 14.1. The largest absolute Gasteiger partial charge is 0.348 e. The molecule has 0 amide bonds. The lowest BCUT2D eigenvalue weighted by Gasteiger charge is -2.32. The number of likely N-dealkylation sites (tertiary alicyclic amines) is 1. The van der Waals surface area contributed by atoms with Gasteiger partial charge in [0.05, 0.1) is 17.4 Å². The lowest BCUT2D eigenvalue weighted by atomic mass is 10.0. The minimum Gasteiger partial charge on any atom is -0.348 e. The smallest absolute Gasteiger partial charge is 0.213 e. The van der Waals surface area contributed by atoms with Crippen LogP contribution in [0.15, 0.2) is 78.2 Å². The number of amidine groups is 1. The molecule has 0 bridgehead atoms. The van der Waals surface area contributed by atoms with E-state index in [4.69, 9.17) is 5.10 Å². The van der Waals surface area contributed by atoms with Crippen molar-refractivity contribution in [2.24, 2.45) is 5.10 Å². The van der Waals surface area contributed by atoms with Crippen molar-refractivity contribution in [3.05, 3.63) is 96.0 Å². The monoisotopic (exact) mass is 392 g/mol. The van der Waals surface area contributed by atoms with Gasteiger partial charge in [0.25, 0.3) is 0 Å². The van der Waals surface area contributed by atoms with Crippen LogP contribution in [-0.4, -0.2) is 27.3 Å². The van der Waals surface area contributed by atoms with Crippen molar-refractivity contribution in [3.63, 3.8) is 0 Å². The Morgan fingerprint density at radius 1 is 1.21 bits per heavy atom. The van der Waals surface area contributed by atoms with Crippen LogP contribution in [-0.2, 0) is 0 Å². The molecule has 0 aliphatic carbocycles. The Balaban J connectivity index is 1.67. The third kappa shape index (κ3) is 3.83. The summed E-state index contributed by atoms with van der Waals surface area (Å²) < 4.78 is 27.4. The van der Waals surface area contributed by atoms with E-state index in [2.05, 4.69) is 16.5 Å². The van der Waals surface area contributed by atoms with Gasteiger partial charge in [0, 0.05) is 24.4 Å². The van der Waals surface area contributed by atoms with E-state index < -0.39 is 5.95 Å². The highest BCUT2D eigenvalue weighted by Gasteiger charge is 2.30. The van der Waals surface area contributed by atoms with Gasteiger partial charge in [0.15, 0.2) is 0 Å². The fraction of sp³-hybridized carbons (Fsp3) is 0.217. The molecule has 0 N–H and O–H groups in total. The van der Waals surface area contributed by atoms with E-state index in [0.29, 0.717) is 11.3 Å². The summed E-state index contributed by atoms with van der Waals surface area (Å²) in [6.07, 6.45) is 9.06. The molecule has 148 valence electrons. The van der Waals surface area contributed by atoms with Crippen LogP contribution in [0.4, 0.5) is 8.78 Å². The van der Waals surface area contributed by atoms with Crippen LogP contribution in [0.2, 0.25) is 0 Å². The molecule has 4 nitrogen and oxygen atoms in total. The first-order valence-corrected chi connectivity index (χ1v) is 9.63. The number of hydrazone groups is 1. The molecule has 0 radical (unpaired) electrons. The van der Waals surface area contributed by atoms with Crippen molar-refractivity contribution >= 4 is 11.5 Å². The van der Waals surface area contributed by atoms with Crippen molar-refractivity contribution in [1.82, 2.24) is 14.9 Å². The summed E-state index contributed by atoms with van der Waals surface area (Å²) in [6.45, 7) is 6.78. The fourth-order valence-corrected chi connectivity index (χ4v) is 3.88. The molecule has 1 aromatic carbocycles. The molecule has 0 saturated carbocycles. The van der Waals surface area contributed by atoms with E-state index in [1.165, 1.54) is 18.3 Å². The van der Waals surface area contributed by atoms with E-state index in [9.17, 15) is 8.78 Å². The molecule has 1 unspecified atom stereocenters. The van der Waals surface area contributed by atoms with E-state index in [1.54, 1.807) is 23.2 Å². The molecular weight excluding hydrogens is 370 g/mol. The highest BCUT2D eigenvalue weighted by molar-refractivity contribution is 5.95. The zero-order valence-corrected chi connectivity index (χ0v) is 16.2. The first-order valence-electron chi connectivity index (χ1n) is 9.63. The molecule has 2 aliphatic heterocycles. The number of nitrogens with zero attached hydrogens (tertiary/aromatic N) is 4. The minimum atomic E-state index is -0.546. The third-order valence-electron chi connectivity index (χ3n) is 5.20. The lowest BCUT2D eigenvalue weighted by molar-refractivity contribution is 0.385. The molecule has 2 aliphatic rings. The maximum Gasteiger partial charge on any atom is 0.213 e. The van der Waals surface area contributed by atoms with E-state index in [-0.39, 0.29) is 11.9 Å². The van der Waals surface area contributed by atoms with E-state index in [0.717, 1.165) is 36.5 Å². The van der Waals surface area contributed by atoms with Gasteiger partial charge in [-0.25, -0.2) is 14.4 Å². The second-order valence-corrected chi connectivity index (χ2v) is 7.04. The molecule has 1 aromatic heterocycles. The van der Waals surface area contributed by atoms with Gasteiger partial charge in [-0.15, -0.1) is 5.10 Å². The van der Waals surface area contributed by atoms with Gasteiger partial charge in [0.1, 0.15) is 11.7 Å². The number of pyridine rings is 1. The van der Waals surface area contributed by atoms with Crippen LogP contribution in [0.1, 0.15) is 36.9 Å². The molecule has 0 spiro atoms. The normalized spacial score (nSPS) is 19.7. The Kier molecular flexibility index (Phi) is 5.25. The van der Waals surface area contributed by atoms with Crippen molar-refractivity contribution in [2.75, 3.05) is 6.54 Å². The van der Waals surface area contributed by atoms with Crippen LogP contribution in [0.5, 0.6) is 0 Å². The second kappa shape index (κ2) is 7.99. The van der Waals surface area contributed by atoms with Crippen molar-refractivity contribution in [1.29, 1.82) is 0 Å². The van der Waals surface area contributed by atoms with Gasteiger partial charge in [-0.1, -0.05) is 24.8 Å². The third-order valence-corrected chi connectivity index (χ3v) is 5.20. The number of rotatable bonds is 3. The zero-order valence-electron chi connectivity index (χ0n) is 16.2. The quantitative estimate of drug-likeness (QED) is 0.668. The molecule has 2 aromatic rings. The van der Waals surface area contributed by atoms with Gasteiger partial charge in [0.2, 0.25) is 5.95 Å². The van der Waals surface area contributed by atoms with Crippen LogP contribution in [0, 0.1) is 11.8 Å². The molecule has 1 saturated heterocycles. The number of aromatic nitrogens is 1. The summed E-state index contributed by atoms with van der Waals surface area (Å²) in [5.74, 6) is -0.00522. The molecule has 6 heteroatoms. The molecule has 3 heterocycles. The predicted molar refractivity (Wildman–Crippen MR) is 110 cm³/mol. The Morgan fingerprint density at radius 3 is 2.83 bits per heavy atom. The lowest BCUT2D eigenvalue weighted by Crippen LogP contribution is -2.33. The Labute approximate surface area is 169 Å². The first kappa shape index (κ1) is 19.1. The van der Waals surface area contributed by atoms with Crippen molar-refractivity contribution in [2.45, 2.75) is 25.8 Å². The SMILES string of the molecule is C=C1C=CC(N2CCCC2c2cccc(F)c2)=NN1/C(=C\C)c1ccnc(F)c1. The molecular formula is C23H22F2N4. The Hall–Kier alpha value is -3.28. The average Bonchev–Trinajstić information content (AvgIpc) is 3.20. The standard InChI is InChI=1S/C23H22F2N4/c1-3-20(18-11-12-26-22(25)15-18)29-16(2)9-10-23(27-29)28-13-5-8-21(28)17-6-4-7-19(24)14-17/h3-4,6-7,9-12,14-15,21H,2,5,8,13H2,1H3/b20-3-. The summed E-state index contributed by atoms with van der Waals surface area (Å²) in [6, 6.07) is 9.92. The highest BCUT2D eigenvalue weighted by atomic mass is 19.1. The molecule has 4 rings (SSSR count). The van der Waals surface area contributed by atoms with Gasteiger partial charge < -0.3 is 4.90 Å². The van der Waals surface area contributed by atoms with E-state index >= 15 is 0 Å². The zero-order chi connectivity index (χ0) is 20.4. The minimum absolute atomic E-state index is 0.0646. The Morgan fingerprint density at radius 2 is 2.07 bits per heavy atom. The molecule has 1 fully saturated rings. The number of benzene rings is 1. The van der Waals surface area contributed by atoms with Gasteiger partial charge in [-0.2, -0.15) is 4.39 Å². The molecule has 29 heavy (non-hydrogen) atoms.